The SMILES string of the molecule is COc1ccc(S(=O)(=O)N2CCCCC2)cc1C(=O)Nc1c(C)n(C)n(-c2ccccc2)c1=O. The smallest absolute Gasteiger partial charge is 0.295 e. The molecular formula is C24H28N4O5S. The summed E-state index contributed by atoms with van der Waals surface area (Å²) in [5.41, 5.74) is 0.969. The van der Waals surface area contributed by atoms with E-state index in [0.29, 0.717) is 24.5 Å². The zero-order valence-corrected chi connectivity index (χ0v) is 20.3. The summed E-state index contributed by atoms with van der Waals surface area (Å²) in [5, 5.41) is 2.68. The monoisotopic (exact) mass is 484 g/mol. The highest BCUT2D eigenvalue weighted by Crippen LogP contribution is 2.27. The van der Waals surface area contributed by atoms with Crippen LogP contribution in [-0.2, 0) is 17.1 Å². The van der Waals surface area contributed by atoms with E-state index in [-0.39, 0.29) is 21.9 Å². The van der Waals surface area contributed by atoms with Gasteiger partial charge in [0, 0.05) is 20.1 Å². The lowest BCUT2D eigenvalue weighted by Gasteiger charge is -2.26. The molecule has 1 fully saturated rings. The number of methoxy groups -OCH3 is 1. The average Bonchev–Trinajstić information content (AvgIpc) is 3.07. The van der Waals surface area contributed by atoms with Gasteiger partial charge in [0.25, 0.3) is 11.5 Å². The van der Waals surface area contributed by atoms with E-state index in [4.69, 9.17) is 4.74 Å². The van der Waals surface area contributed by atoms with E-state index in [1.165, 1.54) is 34.3 Å². The molecule has 0 radical (unpaired) electrons. The van der Waals surface area contributed by atoms with Gasteiger partial charge in [-0.3, -0.25) is 14.3 Å². The number of anilines is 1. The Kier molecular flexibility index (Phi) is 6.63. The quantitative estimate of drug-likeness (QED) is 0.580. The van der Waals surface area contributed by atoms with Gasteiger partial charge in [0.2, 0.25) is 10.0 Å². The van der Waals surface area contributed by atoms with Crippen LogP contribution in [0.1, 0.15) is 35.3 Å². The van der Waals surface area contributed by atoms with Crippen LogP contribution in [0.25, 0.3) is 5.69 Å². The highest BCUT2D eigenvalue weighted by molar-refractivity contribution is 7.89. The third-order valence-electron chi connectivity index (χ3n) is 6.16. The Hall–Kier alpha value is -3.37. The number of sulfonamides is 1. The van der Waals surface area contributed by atoms with Crippen LogP contribution in [0.2, 0.25) is 0 Å². The summed E-state index contributed by atoms with van der Waals surface area (Å²) in [6.07, 6.45) is 2.62. The summed E-state index contributed by atoms with van der Waals surface area (Å²) >= 11 is 0. The van der Waals surface area contributed by atoms with Gasteiger partial charge in [-0.1, -0.05) is 24.6 Å². The molecule has 1 N–H and O–H groups in total. The third-order valence-corrected chi connectivity index (χ3v) is 8.06. The number of ether oxygens (including phenoxy) is 1. The van der Waals surface area contributed by atoms with Gasteiger partial charge in [0.1, 0.15) is 11.4 Å². The Balaban J connectivity index is 1.70. The molecule has 34 heavy (non-hydrogen) atoms. The topological polar surface area (TPSA) is 103 Å². The van der Waals surface area contributed by atoms with E-state index in [9.17, 15) is 18.0 Å². The second-order valence-electron chi connectivity index (χ2n) is 8.22. The van der Waals surface area contributed by atoms with Crippen molar-refractivity contribution in [2.45, 2.75) is 31.1 Å². The lowest BCUT2D eigenvalue weighted by atomic mass is 10.2. The molecule has 0 aliphatic carbocycles. The number of carbonyl (C=O) groups excluding carboxylic acids is 1. The van der Waals surface area contributed by atoms with Crippen molar-refractivity contribution in [1.82, 2.24) is 13.7 Å². The van der Waals surface area contributed by atoms with Crippen molar-refractivity contribution in [1.29, 1.82) is 0 Å². The third kappa shape index (κ3) is 4.26. The number of rotatable bonds is 6. The number of nitrogens with zero attached hydrogens (tertiary/aromatic N) is 3. The van der Waals surface area contributed by atoms with Crippen molar-refractivity contribution < 1.29 is 17.9 Å². The first kappa shape index (κ1) is 23.8. The number of benzene rings is 2. The average molecular weight is 485 g/mol. The summed E-state index contributed by atoms with van der Waals surface area (Å²) in [5.74, 6) is -0.411. The van der Waals surface area contributed by atoms with Gasteiger partial charge in [-0.15, -0.1) is 0 Å². The Labute approximate surface area is 198 Å². The van der Waals surface area contributed by atoms with Crippen LogP contribution < -0.4 is 15.6 Å². The van der Waals surface area contributed by atoms with Crippen LogP contribution in [0.5, 0.6) is 5.75 Å². The fourth-order valence-corrected chi connectivity index (χ4v) is 5.72. The molecule has 1 saturated heterocycles. The molecule has 0 saturated carbocycles. The summed E-state index contributed by atoms with van der Waals surface area (Å²) in [4.78, 5) is 26.4. The molecule has 0 bridgehead atoms. The van der Waals surface area contributed by atoms with Gasteiger partial charge in [0.05, 0.1) is 29.0 Å². The minimum atomic E-state index is -3.74. The van der Waals surface area contributed by atoms with Gasteiger partial charge in [-0.2, -0.15) is 4.31 Å². The van der Waals surface area contributed by atoms with Gasteiger partial charge >= 0.3 is 0 Å². The number of carbonyl (C=O) groups is 1. The lowest BCUT2D eigenvalue weighted by molar-refractivity contribution is 0.102. The van der Waals surface area contributed by atoms with E-state index in [2.05, 4.69) is 5.32 Å². The summed E-state index contributed by atoms with van der Waals surface area (Å²) in [6, 6.07) is 13.3. The van der Waals surface area contributed by atoms with Crippen LogP contribution in [0.3, 0.4) is 0 Å². The van der Waals surface area contributed by atoms with Crippen molar-refractivity contribution in [3.05, 3.63) is 70.1 Å². The molecule has 4 rings (SSSR count). The summed E-state index contributed by atoms with van der Waals surface area (Å²) in [6.45, 7) is 2.64. The van der Waals surface area contributed by atoms with Crippen LogP contribution in [-0.4, -0.2) is 48.2 Å². The molecule has 3 aromatic rings. The number of nitrogens with one attached hydrogen (secondary N) is 1. The molecule has 0 atom stereocenters. The van der Waals surface area contributed by atoms with E-state index in [1.807, 2.05) is 18.2 Å². The first-order valence-corrected chi connectivity index (χ1v) is 12.5. The minimum absolute atomic E-state index is 0.0202. The molecule has 0 unspecified atom stereocenters. The van der Waals surface area contributed by atoms with Crippen LogP contribution >= 0.6 is 0 Å². The predicted octanol–water partition coefficient (Wildman–Crippen LogP) is 2.92. The van der Waals surface area contributed by atoms with Gasteiger partial charge < -0.3 is 10.1 Å². The Bertz CT molecular complexity index is 1370. The molecular weight excluding hydrogens is 456 g/mol. The molecule has 1 aliphatic rings. The maximum absolute atomic E-state index is 13.3. The second kappa shape index (κ2) is 9.47. The van der Waals surface area contributed by atoms with Gasteiger partial charge in [-0.05, 0) is 50.1 Å². The zero-order valence-electron chi connectivity index (χ0n) is 19.4. The number of para-hydroxylation sites is 1. The largest absolute Gasteiger partial charge is 0.496 e. The number of hydrogen-bond donors (Lipinski definition) is 1. The molecule has 0 spiro atoms. The van der Waals surface area contributed by atoms with Crippen molar-refractivity contribution in [3.8, 4) is 11.4 Å². The van der Waals surface area contributed by atoms with Crippen LogP contribution in [0.15, 0.2) is 58.2 Å². The normalized spacial score (nSPS) is 14.7. The van der Waals surface area contributed by atoms with E-state index in [0.717, 1.165) is 19.3 Å². The molecule has 1 aromatic heterocycles. The van der Waals surface area contributed by atoms with Gasteiger partial charge in [-0.25, -0.2) is 13.1 Å². The minimum Gasteiger partial charge on any atom is -0.496 e. The van der Waals surface area contributed by atoms with Crippen LogP contribution in [0, 0.1) is 6.92 Å². The molecule has 2 heterocycles. The molecule has 10 heteroatoms. The number of amides is 1. The van der Waals surface area contributed by atoms with Crippen molar-refractivity contribution in [2.24, 2.45) is 7.05 Å². The Morgan fingerprint density at radius 1 is 1.03 bits per heavy atom. The fourth-order valence-electron chi connectivity index (χ4n) is 4.17. The maximum Gasteiger partial charge on any atom is 0.295 e. The highest BCUT2D eigenvalue weighted by atomic mass is 32.2. The molecule has 9 nitrogen and oxygen atoms in total. The Morgan fingerprint density at radius 3 is 2.35 bits per heavy atom. The Morgan fingerprint density at radius 2 is 1.71 bits per heavy atom. The van der Waals surface area contributed by atoms with Crippen molar-refractivity contribution >= 4 is 21.6 Å². The molecule has 1 aliphatic heterocycles. The molecule has 2 aromatic carbocycles. The number of hydrogen-bond acceptors (Lipinski definition) is 5. The van der Waals surface area contributed by atoms with E-state index in [1.54, 1.807) is 30.8 Å². The molecule has 180 valence electrons. The highest BCUT2D eigenvalue weighted by Gasteiger charge is 2.28. The van der Waals surface area contributed by atoms with Crippen LogP contribution in [0.4, 0.5) is 5.69 Å². The first-order valence-electron chi connectivity index (χ1n) is 11.1. The summed E-state index contributed by atoms with van der Waals surface area (Å²) in [7, 11) is -0.611. The van der Waals surface area contributed by atoms with E-state index < -0.39 is 21.5 Å². The lowest BCUT2D eigenvalue weighted by Crippen LogP contribution is -2.35. The maximum atomic E-state index is 13.3. The van der Waals surface area contributed by atoms with Crippen molar-refractivity contribution in [2.75, 3.05) is 25.5 Å². The molecule has 1 amide bonds. The second-order valence-corrected chi connectivity index (χ2v) is 10.2. The zero-order chi connectivity index (χ0) is 24.5. The first-order chi connectivity index (χ1) is 16.3. The number of aromatic nitrogens is 2. The van der Waals surface area contributed by atoms with E-state index >= 15 is 0 Å². The summed E-state index contributed by atoms with van der Waals surface area (Å²) < 4.78 is 36.1. The van der Waals surface area contributed by atoms with Gasteiger partial charge in [0.15, 0.2) is 0 Å². The van der Waals surface area contributed by atoms with Crippen molar-refractivity contribution in [3.63, 3.8) is 0 Å². The fraction of sp³-hybridized carbons (Fsp3) is 0.333. The standard InChI is InChI=1S/C24H28N4O5S/c1-17-22(24(30)28(26(17)2)18-10-6-4-7-11-18)25-23(29)20-16-19(12-13-21(20)33-3)34(31,32)27-14-8-5-9-15-27/h4,6-7,10-13,16H,5,8-9,14-15H2,1-3H3,(H,25,29). The number of piperidine rings is 1. The predicted molar refractivity (Wildman–Crippen MR) is 129 cm³/mol.